The maximum Gasteiger partial charge on any atom is 0.263 e. The number of benzene rings is 2. The second-order valence-corrected chi connectivity index (χ2v) is 6.22. The fourth-order valence-electron chi connectivity index (χ4n) is 1.77. The van der Waals surface area contributed by atoms with Crippen LogP contribution in [-0.2, 0) is 10.0 Å². The highest BCUT2D eigenvalue weighted by Gasteiger charge is 2.19. The van der Waals surface area contributed by atoms with E-state index in [2.05, 4.69) is 10.0 Å². The highest BCUT2D eigenvalue weighted by atomic mass is 35.5. The van der Waals surface area contributed by atoms with Crippen molar-refractivity contribution in [1.29, 1.82) is 5.26 Å². The molecule has 2 aromatic rings. The van der Waals surface area contributed by atoms with Gasteiger partial charge >= 0.3 is 0 Å². The minimum Gasteiger partial charge on any atom is -0.387 e. The molecule has 0 heterocycles. The largest absolute Gasteiger partial charge is 0.387 e. The van der Waals surface area contributed by atoms with Gasteiger partial charge in [0, 0.05) is 7.05 Å². The summed E-state index contributed by atoms with van der Waals surface area (Å²) in [4.78, 5) is 0.118. The number of halogens is 1. The molecule has 0 unspecified atom stereocenters. The van der Waals surface area contributed by atoms with Crippen molar-refractivity contribution < 1.29 is 8.42 Å². The molecule has 0 bridgehead atoms. The van der Waals surface area contributed by atoms with Crippen LogP contribution in [0.4, 0.5) is 11.4 Å². The molecule has 0 spiro atoms. The van der Waals surface area contributed by atoms with Crippen molar-refractivity contribution in [3.05, 3.63) is 53.1 Å². The molecule has 2 aromatic carbocycles. The summed E-state index contributed by atoms with van der Waals surface area (Å²) in [5, 5.41) is 11.8. The maximum absolute atomic E-state index is 12.4. The van der Waals surface area contributed by atoms with Gasteiger partial charge in [-0.2, -0.15) is 5.26 Å². The standard InChI is InChI=1S/C14H12ClN3O2S/c1-17-13-4-2-3-5-14(13)21(19,20)18-12-7-6-10(9-16)8-11(12)15/h2-8,17-18H,1H3. The number of nitriles is 1. The fourth-order valence-corrected chi connectivity index (χ4v) is 3.35. The third kappa shape index (κ3) is 3.27. The van der Waals surface area contributed by atoms with Crippen LogP contribution in [0, 0.1) is 11.3 Å². The van der Waals surface area contributed by atoms with E-state index in [1.54, 1.807) is 25.2 Å². The molecule has 21 heavy (non-hydrogen) atoms. The van der Waals surface area contributed by atoms with E-state index in [1.807, 2.05) is 6.07 Å². The van der Waals surface area contributed by atoms with Crippen molar-refractivity contribution in [1.82, 2.24) is 0 Å². The molecule has 0 aromatic heterocycles. The van der Waals surface area contributed by atoms with Crippen LogP contribution in [-0.4, -0.2) is 15.5 Å². The van der Waals surface area contributed by atoms with Gasteiger partial charge in [-0.1, -0.05) is 23.7 Å². The third-order valence-electron chi connectivity index (χ3n) is 2.79. The lowest BCUT2D eigenvalue weighted by Gasteiger charge is -2.12. The number of nitrogens with zero attached hydrogens (tertiary/aromatic N) is 1. The zero-order valence-corrected chi connectivity index (χ0v) is 12.7. The van der Waals surface area contributed by atoms with Crippen LogP contribution in [0.5, 0.6) is 0 Å². The van der Waals surface area contributed by atoms with Crippen molar-refractivity contribution >= 4 is 33.0 Å². The van der Waals surface area contributed by atoms with Crippen LogP contribution in [0.3, 0.4) is 0 Å². The Balaban J connectivity index is 2.41. The molecule has 0 saturated heterocycles. The van der Waals surface area contributed by atoms with E-state index in [9.17, 15) is 8.42 Å². The lowest BCUT2D eigenvalue weighted by atomic mass is 10.2. The monoisotopic (exact) mass is 321 g/mol. The molecule has 0 saturated carbocycles. The van der Waals surface area contributed by atoms with Crippen LogP contribution in [0.1, 0.15) is 5.56 Å². The number of hydrogen-bond acceptors (Lipinski definition) is 4. The summed E-state index contributed by atoms with van der Waals surface area (Å²) in [6.07, 6.45) is 0. The first kappa shape index (κ1) is 15.2. The number of anilines is 2. The SMILES string of the molecule is CNc1ccccc1S(=O)(=O)Nc1ccc(C#N)cc1Cl. The number of rotatable bonds is 4. The lowest BCUT2D eigenvalue weighted by molar-refractivity contribution is 0.601. The van der Waals surface area contributed by atoms with E-state index >= 15 is 0 Å². The van der Waals surface area contributed by atoms with Crippen LogP contribution >= 0.6 is 11.6 Å². The molecule has 5 nitrogen and oxygen atoms in total. The first-order valence-electron chi connectivity index (χ1n) is 5.97. The van der Waals surface area contributed by atoms with Gasteiger partial charge in [0.05, 0.1) is 28.0 Å². The van der Waals surface area contributed by atoms with Crippen molar-refractivity contribution in [2.24, 2.45) is 0 Å². The van der Waals surface area contributed by atoms with Crippen LogP contribution in [0.25, 0.3) is 0 Å². The Kier molecular flexibility index (Phi) is 4.36. The predicted molar refractivity (Wildman–Crippen MR) is 83.0 cm³/mol. The minimum absolute atomic E-state index is 0.118. The molecule has 0 fully saturated rings. The van der Waals surface area contributed by atoms with E-state index in [0.29, 0.717) is 11.3 Å². The number of sulfonamides is 1. The van der Waals surface area contributed by atoms with E-state index in [-0.39, 0.29) is 15.6 Å². The molecular formula is C14H12ClN3O2S. The predicted octanol–water partition coefficient (Wildman–Crippen LogP) is 3.05. The summed E-state index contributed by atoms with van der Waals surface area (Å²) in [5.41, 5.74) is 1.06. The average Bonchev–Trinajstić information content (AvgIpc) is 2.49. The van der Waals surface area contributed by atoms with Crippen LogP contribution < -0.4 is 10.0 Å². The number of hydrogen-bond donors (Lipinski definition) is 2. The molecule has 2 N–H and O–H groups in total. The third-order valence-corrected chi connectivity index (χ3v) is 4.52. The Morgan fingerprint density at radius 2 is 1.86 bits per heavy atom. The summed E-state index contributed by atoms with van der Waals surface area (Å²) in [6.45, 7) is 0. The second-order valence-electron chi connectivity index (χ2n) is 4.16. The molecule has 0 radical (unpaired) electrons. The quantitative estimate of drug-likeness (QED) is 0.906. The van der Waals surface area contributed by atoms with Gasteiger partial charge in [-0.25, -0.2) is 8.42 Å². The minimum atomic E-state index is -3.78. The number of nitrogens with one attached hydrogen (secondary N) is 2. The van der Waals surface area contributed by atoms with Crippen LogP contribution in [0.15, 0.2) is 47.4 Å². The first-order chi connectivity index (χ1) is 9.97. The second kappa shape index (κ2) is 6.04. The summed E-state index contributed by atoms with van der Waals surface area (Å²) in [6, 6.07) is 12.8. The van der Waals surface area contributed by atoms with E-state index in [0.717, 1.165) is 0 Å². The molecule has 0 atom stereocenters. The summed E-state index contributed by atoms with van der Waals surface area (Å²) in [5.74, 6) is 0. The smallest absolute Gasteiger partial charge is 0.263 e. The highest BCUT2D eigenvalue weighted by Crippen LogP contribution is 2.28. The zero-order chi connectivity index (χ0) is 15.5. The Hall–Kier alpha value is -2.23. The van der Waals surface area contributed by atoms with Gasteiger partial charge in [0.15, 0.2) is 0 Å². The summed E-state index contributed by atoms with van der Waals surface area (Å²) >= 11 is 5.98. The van der Waals surface area contributed by atoms with Gasteiger partial charge in [0.1, 0.15) is 4.90 Å². The van der Waals surface area contributed by atoms with Gasteiger partial charge in [-0.05, 0) is 30.3 Å². The highest BCUT2D eigenvalue weighted by molar-refractivity contribution is 7.92. The van der Waals surface area contributed by atoms with E-state index in [1.165, 1.54) is 24.3 Å². The molecule has 108 valence electrons. The topological polar surface area (TPSA) is 82.0 Å². The Bertz CT molecular complexity index is 813. The van der Waals surface area contributed by atoms with E-state index in [4.69, 9.17) is 16.9 Å². The normalized spacial score (nSPS) is 10.7. The first-order valence-corrected chi connectivity index (χ1v) is 7.83. The van der Waals surface area contributed by atoms with Gasteiger partial charge in [0.25, 0.3) is 10.0 Å². The molecule has 0 amide bonds. The molecular weight excluding hydrogens is 310 g/mol. The summed E-state index contributed by atoms with van der Waals surface area (Å²) in [7, 11) is -2.14. The lowest BCUT2D eigenvalue weighted by Crippen LogP contribution is -2.15. The van der Waals surface area contributed by atoms with Gasteiger partial charge in [-0.3, -0.25) is 4.72 Å². The Morgan fingerprint density at radius 1 is 1.14 bits per heavy atom. The van der Waals surface area contributed by atoms with Crippen molar-refractivity contribution in [2.75, 3.05) is 17.1 Å². The van der Waals surface area contributed by atoms with Gasteiger partial charge in [0.2, 0.25) is 0 Å². The molecule has 2 rings (SSSR count). The molecule has 0 aliphatic heterocycles. The van der Waals surface area contributed by atoms with Gasteiger partial charge in [-0.15, -0.1) is 0 Å². The summed E-state index contributed by atoms with van der Waals surface area (Å²) < 4.78 is 27.2. The maximum atomic E-state index is 12.4. The van der Waals surface area contributed by atoms with E-state index < -0.39 is 10.0 Å². The number of para-hydroxylation sites is 1. The van der Waals surface area contributed by atoms with Crippen molar-refractivity contribution in [2.45, 2.75) is 4.90 Å². The Labute approximate surface area is 128 Å². The zero-order valence-electron chi connectivity index (χ0n) is 11.1. The van der Waals surface area contributed by atoms with Crippen molar-refractivity contribution in [3.8, 4) is 6.07 Å². The average molecular weight is 322 g/mol. The molecule has 7 heteroatoms. The fraction of sp³-hybridized carbons (Fsp3) is 0.0714. The van der Waals surface area contributed by atoms with Gasteiger partial charge < -0.3 is 5.32 Å². The van der Waals surface area contributed by atoms with Crippen LogP contribution in [0.2, 0.25) is 5.02 Å². The Morgan fingerprint density at radius 3 is 2.48 bits per heavy atom. The molecule has 0 aliphatic carbocycles. The van der Waals surface area contributed by atoms with Crippen molar-refractivity contribution in [3.63, 3.8) is 0 Å². The molecule has 0 aliphatic rings.